The van der Waals surface area contributed by atoms with Gasteiger partial charge in [0.15, 0.2) is 16.9 Å². The minimum atomic E-state index is -1.65. The van der Waals surface area contributed by atoms with Gasteiger partial charge < -0.3 is 24.7 Å². The van der Waals surface area contributed by atoms with E-state index in [1.165, 1.54) is 18.0 Å². The SMILES string of the molecule is COC(=O)[C@@]1(C)C(C)(n2cnc3c(=O)[nH]c(N)nc32)O[C@](C)(C2COC2=O)C1(C)C1OC1=O. The second-order valence-corrected chi connectivity index (χ2v) is 9.25. The lowest BCUT2D eigenvalue weighted by Gasteiger charge is -2.48. The number of nitrogen functional groups attached to an aromatic ring is 1. The first-order chi connectivity index (χ1) is 15.4. The number of cyclic esters (lactones) is 2. The van der Waals surface area contributed by atoms with Gasteiger partial charge in [-0.3, -0.25) is 23.9 Å². The number of nitrogens with zero attached hydrogens (tertiary/aromatic N) is 3. The number of H-pyrrole nitrogens is 1. The van der Waals surface area contributed by atoms with Crippen molar-refractivity contribution in [2.24, 2.45) is 16.7 Å². The van der Waals surface area contributed by atoms with Gasteiger partial charge in [0.2, 0.25) is 12.1 Å². The van der Waals surface area contributed by atoms with Gasteiger partial charge in [-0.05, 0) is 20.8 Å². The molecule has 0 radical (unpaired) electrons. The molecule has 2 aromatic rings. The van der Waals surface area contributed by atoms with Crippen LogP contribution in [0.15, 0.2) is 11.1 Å². The zero-order valence-electron chi connectivity index (χ0n) is 18.6. The number of nitrogens with two attached hydrogens (primary N) is 1. The summed E-state index contributed by atoms with van der Waals surface area (Å²) >= 11 is 0. The predicted octanol–water partition coefficient (Wildman–Crippen LogP) is -0.553. The lowest BCUT2D eigenvalue weighted by atomic mass is 9.52. The molecule has 176 valence electrons. The van der Waals surface area contributed by atoms with Gasteiger partial charge in [-0.25, -0.2) is 9.78 Å². The second-order valence-electron chi connectivity index (χ2n) is 9.25. The Bertz CT molecular complexity index is 1300. The summed E-state index contributed by atoms with van der Waals surface area (Å²) in [5.74, 6) is -2.73. The fourth-order valence-electron chi connectivity index (χ4n) is 5.74. The van der Waals surface area contributed by atoms with Crippen LogP contribution < -0.4 is 11.3 Å². The molecule has 0 saturated carbocycles. The van der Waals surface area contributed by atoms with Gasteiger partial charge in [-0.1, -0.05) is 6.92 Å². The number of rotatable bonds is 4. The molecule has 0 amide bonds. The number of aromatic nitrogens is 4. The Morgan fingerprint density at radius 3 is 2.42 bits per heavy atom. The van der Waals surface area contributed by atoms with Gasteiger partial charge in [-0.2, -0.15) is 4.98 Å². The van der Waals surface area contributed by atoms with Crippen LogP contribution in [0.25, 0.3) is 11.2 Å². The zero-order valence-corrected chi connectivity index (χ0v) is 18.6. The summed E-state index contributed by atoms with van der Waals surface area (Å²) in [7, 11) is 1.21. The number of hydrogen-bond donors (Lipinski definition) is 2. The second kappa shape index (κ2) is 6.10. The number of aromatic amines is 1. The van der Waals surface area contributed by atoms with E-state index in [1.807, 2.05) is 0 Å². The molecule has 3 fully saturated rings. The number of methoxy groups -OCH3 is 1. The van der Waals surface area contributed by atoms with Crippen molar-refractivity contribution < 1.29 is 33.3 Å². The lowest BCUT2D eigenvalue weighted by Crippen LogP contribution is -2.64. The quantitative estimate of drug-likeness (QED) is 0.338. The average Bonchev–Trinajstić information content (AvgIpc) is 3.27. The Labute approximate surface area is 186 Å². The van der Waals surface area contributed by atoms with Gasteiger partial charge >= 0.3 is 17.9 Å². The summed E-state index contributed by atoms with van der Waals surface area (Å²) in [6, 6.07) is 0. The van der Waals surface area contributed by atoms with E-state index in [9.17, 15) is 19.2 Å². The van der Waals surface area contributed by atoms with Crippen molar-refractivity contribution in [3.63, 3.8) is 0 Å². The number of carbonyl (C=O) groups excluding carboxylic acids is 3. The molecule has 0 aromatic carbocycles. The number of esters is 2. The number of nitrogens with one attached hydrogen (secondary N) is 1. The summed E-state index contributed by atoms with van der Waals surface area (Å²) in [4.78, 5) is 61.4. The predicted molar refractivity (Wildman–Crippen MR) is 108 cm³/mol. The summed E-state index contributed by atoms with van der Waals surface area (Å²) < 4.78 is 23.5. The highest BCUT2D eigenvalue weighted by atomic mass is 16.7. The Kier molecular flexibility index (Phi) is 3.95. The minimum Gasteiger partial charge on any atom is -0.468 e. The van der Waals surface area contributed by atoms with Crippen LogP contribution in [0, 0.1) is 16.7 Å². The Morgan fingerprint density at radius 2 is 1.91 bits per heavy atom. The van der Waals surface area contributed by atoms with Crippen LogP contribution in [0.3, 0.4) is 0 Å². The third-order valence-corrected chi connectivity index (χ3v) is 8.14. The average molecular weight is 461 g/mol. The molecule has 5 heterocycles. The van der Waals surface area contributed by atoms with Gasteiger partial charge in [0.1, 0.15) is 17.9 Å². The minimum absolute atomic E-state index is 0.0293. The van der Waals surface area contributed by atoms with Gasteiger partial charge in [0.25, 0.3) is 5.56 Å². The molecule has 6 atom stereocenters. The van der Waals surface area contributed by atoms with Crippen molar-refractivity contribution in [1.82, 2.24) is 19.5 Å². The summed E-state index contributed by atoms with van der Waals surface area (Å²) in [6.45, 7) is 6.50. The van der Waals surface area contributed by atoms with Crippen molar-refractivity contribution in [3.8, 4) is 0 Å². The Hall–Kier alpha value is -3.48. The van der Waals surface area contributed by atoms with Crippen LogP contribution in [-0.2, 0) is 39.1 Å². The number of epoxide rings is 1. The largest absolute Gasteiger partial charge is 0.468 e. The van der Waals surface area contributed by atoms with Gasteiger partial charge in [-0.15, -0.1) is 0 Å². The highest BCUT2D eigenvalue weighted by Gasteiger charge is 2.85. The molecule has 0 aliphatic carbocycles. The zero-order chi connectivity index (χ0) is 24.1. The third-order valence-electron chi connectivity index (χ3n) is 8.14. The molecule has 3 aliphatic rings. The van der Waals surface area contributed by atoms with Crippen molar-refractivity contribution in [3.05, 3.63) is 16.7 Å². The van der Waals surface area contributed by atoms with Crippen molar-refractivity contribution in [2.75, 3.05) is 19.5 Å². The van der Waals surface area contributed by atoms with E-state index in [4.69, 9.17) is 24.7 Å². The number of hydrogen-bond acceptors (Lipinski definition) is 11. The molecule has 33 heavy (non-hydrogen) atoms. The molecule has 13 nitrogen and oxygen atoms in total. The molecule has 3 N–H and O–H groups in total. The first kappa shape index (κ1) is 21.4. The first-order valence-corrected chi connectivity index (χ1v) is 10.3. The Morgan fingerprint density at radius 1 is 1.24 bits per heavy atom. The maximum absolute atomic E-state index is 13.5. The molecule has 13 heteroatoms. The normalized spacial score (nSPS) is 39.7. The third kappa shape index (κ3) is 2.20. The van der Waals surface area contributed by atoms with E-state index in [1.54, 1.807) is 27.7 Å². The van der Waals surface area contributed by atoms with E-state index < -0.39 is 57.6 Å². The van der Waals surface area contributed by atoms with E-state index >= 15 is 0 Å². The molecule has 5 rings (SSSR count). The monoisotopic (exact) mass is 461 g/mol. The van der Waals surface area contributed by atoms with Crippen molar-refractivity contribution in [2.45, 2.75) is 45.1 Å². The molecule has 3 aliphatic heterocycles. The summed E-state index contributed by atoms with van der Waals surface area (Å²) in [5, 5.41) is 0. The van der Waals surface area contributed by atoms with Gasteiger partial charge in [0, 0.05) is 0 Å². The number of anilines is 1. The number of ether oxygens (including phenoxy) is 4. The van der Waals surface area contributed by atoms with Gasteiger partial charge in [0.05, 0.1) is 24.5 Å². The fourth-order valence-corrected chi connectivity index (χ4v) is 5.74. The standard InChI is InChI=1S/C20H23N5O8/c1-17(10-14(28)32-10)18(2,15(29)30-5)20(4,33-19(17,3)8-6-31-13(8)27)25-7-22-9-11(25)23-16(21)24-12(9)26/h7-8,10H,6H2,1-5H3,(H3,21,23,24,26)/t8?,10?,17?,18-,19-,20?/m1/s1. The number of carbonyl (C=O) groups is 3. The van der Waals surface area contributed by atoms with Crippen LogP contribution in [0.4, 0.5) is 5.95 Å². The topological polar surface area (TPSA) is 181 Å². The van der Waals surface area contributed by atoms with E-state index in [0.717, 1.165) is 0 Å². The van der Waals surface area contributed by atoms with E-state index in [0.29, 0.717) is 0 Å². The maximum Gasteiger partial charge on any atom is 0.349 e. The van der Waals surface area contributed by atoms with Crippen LogP contribution in [0.5, 0.6) is 0 Å². The lowest BCUT2D eigenvalue weighted by molar-refractivity contribution is -0.224. The summed E-state index contributed by atoms with van der Waals surface area (Å²) in [5.41, 5.74) is -0.883. The van der Waals surface area contributed by atoms with Crippen LogP contribution >= 0.6 is 0 Å². The van der Waals surface area contributed by atoms with E-state index in [-0.39, 0.29) is 23.7 Å². The van der Waals surface area contributed by atoms with Crippen molar-refractivity contribution >= 4 is 35.0 Å². The molecule has 2 aromatic heterocycles. The van der Waals surface area contributed by atoms with Crippen LogP contribution in [0.2, 0.25) is 0 Å². The highest BCUT2D eigenvalue weighted by Crippen LogP contribution is 2.71. The Balaban J connectivity index is 1.84. The fraction of sp³-hybridized carbons (Fsp3) is 0.600. The van der Waals surface area contributed by atoms with Crippen molar-refractivity contribution in [1.29, 1.82) is 0 Å². The molecule has 0 spiro atoms. The summed E-state index contributed by atoms with van der Waals surface area (Å²) in [6.07, 6.45) is 0.256. The van der Waals surface area contributed by atoms with Crippen LogP contribution in [-0.4, -0.2) is 62.8 Å². The molecular weight excluding hydrogens is 438 g/mol. The molecular formula is C20H23N5O8. The molecule has 3 saturated heterocycles. The maximum atomic E-state index is 13.5. The molecule has 4 unspecified atom stereocenters. The van der Waals surface area contributed by atoms with E-state index in [2.05, 4.69) is 15.0 Å². The smallest absolute Gasteiger partial charge is 0.349 e. The first-order valence-electron chi connectivity index (χ1n) is 10.3. The highest BCUT2D eigenvalue weighted by molar-refractivity contribution is 5.92. The molecule has 0 bridgehead atoms. The van der Waals surface area contributed by atoms with Crippen LogP contribution in [0.1, 0.15) is 27.7 Å². The number of imidazole rings is 1. The number of fused-ring (bicyclic) bond motifs is 1.